The molecular formula is C8H19NO3S. The smallest absolute Gasteiger partial charge is 0.147 e. The maximum absolute atomic E-state index is 10.8. The highest BCUT2D eigenvalue weighted by atomic mass is 32.2. The Balaban J connectivity index is 3.54. The molecule has 0 saturated carbocycles. The average molecular weight is 209 g/mol. The third kappa shape index (κ3) is 9.79. The zero-order chi connectivity index (χ0) is 10.5. The molecule has 0 aromatic rings. The van der Waals surface area contributed by atoms with Crippen LogP contribution in [0.15, 0.2) is 0 Å². The molecule has 5 heteroatoms. The van der Waals surface area contributed by atoms with Crippen molar-refractivity contribution in [2.24, 2.45) is 0 Å². The van der Waals surface area contributed by atoms with Gasteiger partial charge in [0.05, 0.1) is 11.9 Å². The second-order valence-electron chi connectivity index (χ2n) is 3.59. The number of nitrogens with zero attached hydrogens (tertiary/aromatic N) is 1. The van der Waals surface area contributed by atoms with E-state index >= 15 is 0 Å². The maximum atomic E-state index is 10.8. The number of likely N-dealkylation sites (N-methyl/N-ethyl adjacent to an activating group) is 1. The highest BCUT2D eigenvalue weighted by molar-refractivity contribution is 7.90. The van der Waals surface area contributed by atoms with Crippen LogP contribution in [0.2, 0.25) is 0 Å². The molecule has 0 bridgehead atoms. The van der Waals surface area contributed by atoms with E-state index in [0.717, 1.165) is 0 Å². The second-order valence-corrected chi connectivity index (χ2v) is 5.85. The number of rotatable bonds is 6. The first-order valence-electron chi connectivity index (χ1n) is 4.35. The van der Waals surface area contributed by atoms with E-state index in [0.29, 0.717) is 19.5 Å². The molecule has 0 amide bonds. The summed E-state index contributed by atoms with van der Waals surface area (Å²) in [4.78, 5) is 1.93. The maximum Gasteiger partial charge on any atom is 0.147 e. The Morgan fingerprint density at radius 3 is 2.38 bits per heavy atom. The second kappa shape index (κ2) is 5.57. The molecule has 1 unspecified atom stereocenters. The summed E-state index contributed by atoms with van der Waals surface area (Å²) in [6.07, 6.45) is 1.51. The lowest BCUT2D eigenvalue weighted by atomic mass is 10.3. The molecule has 0 radical (unpaired) electrons. The van der Waals surface area contributed by atoms with E-state index in [1.165, 1.54) is 6.26 Å². The summed E-state index contributed by atoms with van der Waals surface area (Å²) in [5, 5.41) is 9.02. The van der Waals surface area contributed by atoms with Gasteiger partial charge in [-0.25, -0.2) is 8.42 Å². The van der Waals surface area contributed by atoms with E-state index in [9.17, 15) is 8.42 Å². The molecule has 0 saturated heterocycles. The van der Waals surface area contributed by atoms with Crippen LogP contribution < -0.4 is 0 Å². The monoisotopic (exact) mass is 209 g/mol. The van der Waals surface area contributed by atoms with Gasteiger partial charge in [-0.15, -0.1) is 0 Å². The summed E-state index contributed by atoms with van der Waals surface area (Å²) in [6.45, 7) is 3.01. The van der Waals surface area contributed by atoms with Gasteiger partial charge in [-0.1, -0.05) is 0 Å². The summed E-state index contributed by atoms with van der Waals surface area (Å²) in [6, 6.07) is 0. The van der Waals surface area contributed by atoms with E-state index in [1.54, 1.807) is 6.92 Å². The van der Waals surface area contributed by atoms with Gasteiger partial charge < -0.3 is 10.0 Å². The lowest BCUT2D eigenvalue weighted by Gasteiger charge is -2.17. The zero-order valence-electron chi connectivity index (χ0n) is 8.52. The molecule has 1 atom stereocenters. The molecule has 4 nitrogen and oxygen atoms in total. The fourth-order valence-electron chi connectivity index (χ4n) is 1.14. The van der Waals surface area contributed by atoms with Crippen LogP contribution in [0.3, 0.4) is 0 Å². The van der Waals surface area contributed by atoms with E-state index in [4.69, 9.17) is 5.11 Å². The molecule has 0 rings (SSSR count). The van der Waals surface area contributed by atoms with Crippen LogP contribution in [-0.4, -0.2) is 56.7 Å². The van der Waals surface area contributed by atoms with Crippen molar-refractivity contribution in [2.45, 2.75) is 19.4 Å². The van der Waals surface area contributed by atoms with Crippen LogP contribution in [-0.2, 0) is 9.84 Å². The summed E-state index contributed by atoms with van der Waals surface area (Å²) in [5.74, 6) is 0.219. The third-order valence-corrected chi connectivity index (χ3v) is 2.66. The standard InChI is InChI=1S/C8H19NO3S/c1-8(10)7-9(2)5-4-6-13(3,11)12/h8,10H,4-7H2,1-3H3. The predicted octanol–water partition coefficient (Wildman–Crippen LogP) is -0.266. The Hall–Kier alpha value is -0.130. The molecule has 0 aliphatic heterocycles. The van der Waals surface area contributed by atoms with Crippen molar-refractivity contribution in [3.05, 3.63) is 0 Å². The number of hydrogen-bond donors (Lipinski definition) is 1. The van der Waals surface area contributed by atoms with Crippen molar-refractivity contribution in [1.29, 1.82) is 0 Å². The molecule has 0 aromatic heterocycles. The normalized spacial score (nSPS) is 14.8. The molecule has 13 heavy (non-hydrogen) atoms. The van der Waals surface area contributed by atoms with Gasteiger partial charge in [-0.05, 0) is 26.9 Å². The van der Waals surface area contributed by atoms with Crippen molar-refractivity contribution in [1.82, 2.24) is 4.90 Å². The minimum atomic E-state index is -2.84. The fourth-order valence-corrected chi connectivity index (χ4v) is 1.79. The van der Waals surface area contributed by atoms with Crippen molar-refractivity contribution in [2.75, 3.05) is 32.1 Å². The Bertz CT molecular complexity index is 224. The molecule has 1 N–H and O–H groups in total. The van der Waals surface area contributed by atoms with Crippen LogP contribution in [0.25, 0.3) is 0 Å². The van der Waals surface area contributed by atoms with Crippen LogP contribution in [0.4, 0.5) is 0 Å². The Kier molecular flexibility index (Phi) is 5.51. The predicted molar refractivity (Wildman–Crippen MR) is 53.5 cm³/mol. The zero-order valence-corrected chi connectivity index (χ0v) is 9.34. The number of hydrogen-bond acceptors (Lipinski definition) is 4. The quantitative estimate of drug-likeness (QED) is 0.654. The van der Waals surface area contributed by atoms with Crippen LogP contribution >= 0.6 is 0 Å². The summed E-state index contributed by atoms with van der Waals surface area (Å²) >= 11 is 0. The lowest BCUT2D eigenvalue weighted by Crippen LogP contribution is -2.29. The average Bonchev–Trinajstić information content (AvgIpc) is 1.81. The van der Waals surface area contributed by atoms with Crippen molar-refractivity contribution in [3.8, 4) is 0 Å². The van der Waals surface area contributed by atoms with Gasteiger partial charge in [-0.3, -0.25) is 0 Å². The first kappa shape index (κ1) is 12.9. The summed E-state index contributed by atoms with van der Waals surface area (Å²) in [7, 11) is -0.967. The first-order valence-corrected chi connectivity index (χ1v) is 6.41. The largest absolute Gasteiger partial charge is 0.392 e. The molecule has 0 aromatic carbocycles. The lowest BCUT2D eigenvalue weighted by molar-refractivity contribution is 0.142. The van der Waals surface area contributed by atoms with E-state index in [2.05, 4.69) is 0 Å². The van der Waals surface area contributed by atoms with Crippen LogP contribution in [0.1, 0.15) is 13.3 Å². The summed E-state index contributed by atoms with van der Waals surface area (Å²) < 4.78 is 21.5. The van der Waals surface area contributed by atoms with Crippen LogP contribution in [0, 0.1) is 0 Å². The van der Waals surface area contributed by atoms with Gasteiger partial charge in [0.25, 0.3) is 0 Å². The number of sulfone groups is 1. The summed E-state index contributed by atoms with van der Waals surface area (Å²) in [5.41, 5.74) is 0. The van der Waals surface area contributed by atoms with E-state index in [1.807, 2.05) is 11.9 Å². The van der Waals surface area contributed by atoms with Gasteiger partial charge in [-0.2, -0.15) is 0 Å². The van der Waals surface area contributed by atoms with Crippen molar-refractivity contribution >= 4 is 9.84 Å². The van der Waals surface area contributed by atoms with Gasteiger partial charge in [0.2, 0.25) is 0 Å². The Morgan fingerprint density at radius 2 is 2.00 bits per heavy atom. The van der Waals surface area contributed by atoms with Gasteiger partial charge >= 0.3 is 0 Å². The molecule has 0 heterocycles. The molecular weight excluding hydrogens is 190 g/mol. The molecule has 0 fully saturated rings. The van der Waals surface area contributed by atoms with E-state index < -0.39 is 9.84 Å². The highest BCUT2D eigenvalue weighted by Crippen LogP contribution is 1.93. The highest BCUT2D eigenvalue weighted by Gasteiger charge is 2.05. The number of aliphatic hydroxyl groups is 1. The van der Waals surface area contributed by atoms with Crippen LogP contribution in [0.5, 0.6) is 0 Å². The van der Waals surface area contributed by atoms with Gasteiger partial charge in [0, 0.05) is 12.8 Å². The SMILES string of the molecule is CC(O)CN(C)CCCS(C)(=O)=O. The van der Waals surface area contributed by atoms with E-state index in [-0.39, 0.29) is 11.9 Å². The topological polar surface area (TPSA) is 57.6 Å². The first-order chi connectivity index (χ1) is 5.81. The van der Waals surface area contributed by atoms with Gasteiger partial charge in [0.1, 0.15) is 9.84 Å². The molecule has 0 aliphatic carbocycles. The van der Waals surface area contributed by atoms with Gasteiger partial charge in [0.15, 0.2) is 0 Å². The minimum absolute atomic E-state index is 0.219. The Labute approximate surface area is 80.5 Å². The molecule has 0 aliphatic rings. The number of aliphatic hydroxyl groups excluding tert-OH is 1. The fraction of sp³-hybridized carbons (Fsp3) is 1.00. The molecule has 80 valence electrons. The molecule has 0 spiro atoms. The Morgan fingerprint density at radius 1 is 1.46 bits per heavy atom. The van der Waals surface area contributed by atoms with Crippen molar-refractivity contribution in [3.63, 3.8) is 0 Å². The minimum Gasteiger partial charge on any atom is -0.392 e. The van der Waals surface area contributed by atoms with Crippen molar-refractivity contribution < 1.29 is 13.5 Å². The third-order valence-electron chi connectivity index (χ3n) is 1.63.